The molecular weight excluding hydrogens is 392 g/mol. The van der Waals surface area contributed by atoms with Gasteiger partial charge in [-0.3, -0.25) is 19.3 Å². The van der Waals surface area contributed by atoms with Crippen molar-refractivity contribution in [3.63, 3.8) is 0 Å². The van der Waals surface area contributed by atoms with E-state index in [-0.39, 0.29) is 30.0 Å². The van der Waals surface area contributed by atoms with Crippen molar-refractivity contribution in [2.24, 2.45) is 0 Å². The van der Waals surface area contributed by atoms with Crippen LogP contribution in [0.15, 0.2) is 47.4 Å². The molecule has 1 aliphatic carbocycles. The second kappa shape index (κ2) is 9.92. The summed E-state index contributed by atoms with van der Waals surface area (Å²) >= 11 is 0. The van der Waals surface area contributed by atoms with Crippen molar-refractivity contribution in [1.82, 2.24) is 14.8 Å². The van der Waals surface area contributed by atoms with Crippen LogP contribution >= 0.6 is 0 Å². The Morgan fingerprint density at radius 2 is 1.71 bits per heavy atom. The summed E-state index contributed by atoms with van der Waals surface area (Å²) in [7, 11) is 0. The van der Waals surface area contributed by atoms with Gasteiger partial charge in [-0.15, -0.1) is 0 Å². The van der Waals surface area contributed by atoms with Gasteiger partial charge in [-0.1, -0.05) is 31.0 Å². The summed E-state index contributed by atoms with van der Waals surface area (Å²) in [6.07, 6.45) is 8.11. The molecule has 7 nitrogen and oxygen atoms in total. The first kappa shape index (κ1) is 21.3. The maximum Gasteiger partial charge on any atom is 0.257 e. The number of aromatic nitrogens is 1. The van der Waals surface area contributed by atoms with E-state index in [4.69, 9.17) is 0 Å². The van der Waals surface area contributed by atoms with Gasteiger partial charge in [0.1, 0.15) is 6.54 Å². The molecule has 164 valence electrons. The molecule has 0 radical (unpaired) electrons. The molecule has 1 saturated heterocycles. The lowest BCUT2D eigenvalue weighted by molar-refractivity contribution is -0.122. The van der Waals surface area contributed by atoms with Crippen LogP contribution in [0, 0.1) is 0 Å². The number of amides is 2. The Morgan fingerprint density at radius 3 is 2.48 bits per heavy atom. The first-order valence-corrected chi connectivity index (χ1v) is 11.2. The van der Waals surface area contributed by atoms with E-state index in [1.54, 1.807) is 0 Å². The van der Waals surface area contributed by atoms with Gasteiger partial charge in [0, 0.05) is 30.5 Å². The Balaban J connectivity index is 1.43. The van der Waals surface area contributed by atoms with E-state index in [0.29, 0.717) is 5.56 Å². The van der Waals surface area contributed by atoms with E-state index in [1.165, 1.54) is 35.7 Å². The Kier molecular flexibility index (Phi) is 6.82. The Hall–Kier alpha value is -2.93. The molecule has 1 saturated carbocycles. The molecule has 1 aliphatic heterocycles. The van der Waals surface area contributed by atoms with Gasteiger partial charge < -0.3 is 15.2 Å². The number of rotatable bonds is 7. The smallest absolute Gasteiger partial charge is 0.257 e. The Morgan fingerprint density at radius 1 is 0.968 bits per heavy atom. The van der Waals surface area contributed by atoms with Gasteiger partial charge in [0.25, 0.3) is 11.5 Å². The normalized spacial score (nSPS) is 17.0. The van der Waals surface area contributed by atoms with Gasteiger partial charge in [-0.05, 0) is 56.5 Å². The maximum atomic E-state index is 12.9. The van der Waals surface area contributed by atoms with Gasteiger partial charge in [0.05, 0.1) is 5.56 Å². The Bertz CT molecular complexity index is 988. The van der Waals surface area contributed by atoms with E-state index >= 15 is 0 Å². The fraction of sp³-hybridized carbons (Fsp3) is 0.458. The third-order valence-corrected chi connectivity index (χ3v) is 6.14. The van der Waals surface area contributed by atoms with Crippen LogP contribution in [0.4, 0.5) is 5.69 Å². The van der Waals surface area contributed by atoms with Crippen LogP contribution in [0.5, 0.6) is 0 Å². The largest absolute Gasteiger partial charge is 0.352 e. The van der Waals surface area contributed by atoms with Crippen LogP contribution in [0.2, 0.25) is 0 Å². The third-order valence-electron chi connectivity index (χ3n) is 6.14. The summed E-state index contributed by atoms with van der Waals surface area (Å²) in [5, 5.41) is 5.96. The van der Waals surface area contributed by atoms with Crippen LogP contribution in [0.1, 0.15) is 54.4 Å². The average Bonchev–Trinajstić information content (AvgIpc) is 3.45. The van der Waals surface area contributed by atoms with Crippen LogP contribution in [0.25, 0.3) is 0 Å². The highest BCUT2D eigenvalue weighted by Crippen LogP contribution is 2.21. The zero-order chi connectivity index (χ0) is 21.6. The standard InChI is InChI=1S/C24H30N4O3/c29-22(25-20-8-2-3-9-20)17-28-16-19(11-12-23(28)30)24(31)26-21-10-4-1-7-18(21)15-27-13-5-6-14-27/h1,4,7,10-12,16,20H,2-3,5-6,8-9,13-15,17H2,(H,25,29)(H,26,31). The highest BCUT2D eigenvalue weighted by atomic mass is 16.2. The lowest BCUT2D eigenvalue weighted by atomic mass is 10.1. The number of hydrogen-bond acceptors (Lipinski definition) is 4. The summed E-state index contributed by atoms with van der Waals surface area (Å²) in [4.78, 5) is 39.8. The number of nitrogens with one attached hydrogen (secondary N) is 2. The molecule has 0 spiro atoms. The molecular formula is C24H30N4O3. The number of carbonyl (C=O) groups excluding carboxylic acids is 2. The zero-order valence-corrected chi connectivity index (χ0v) is 17.8. The van der Waals surface area contributed by atoms with Crippen LogP contribution in [-0.4, -0.2) is 40.4 Å². The van der Waals surface area contributed by atoms with Crippen LogP contribution < -0.4 is 16.2 Å². The molecule has 2 aliphatic rings. The maximum absolute atomic E-state index is 12.9. The number of benzene rings is 1. The third kappa shape index (κ3) is 5.61. The Labute approximate surface area is 182 Å². The molecule has 0 unspecified atom stereocenters. The average molecular weight is 423 g/mol. The molecule has 2 fully saturated rings. The van der Waals surface area contributed by atoms with E-state index in [1.807, 2.05) is 24.3 Å². The molecule has 0 atom stereocenters. The first-order valence-electron chi connectivity index (χ1n) is 11.2. The lowest BCUT2D eigenvalue weighted by Gasteiger charge is -2.18. The second-order valence-corrected chi connectivity index (χ2v) is 8.53. The quantitative estimate of drug-likeness (QED) is 0.719. The summed E-state index contributed by atoms with van der Waals surface area (Å²) in [6.45, 7) is 2.88. The molecule has 2 heterocycles. The van der Waals surface area contributed by atoms with E-state index in [2.05, 4.69) is 15.5 Å². The van der Waals surface area contributed by atoms with Crippen molar-refractivity contribution in [2.75, 3.05) is 18.4 Å². The predicted molar refractivity (Wildman–Crippen MR) is 120 cm³/mol. The molecule has 1 aromatic heterocycles. The first-order chi connectivity index (χ1) is 15.1. The molecule has 2 N–H and O–H groups in total. The number of para-hydroxylation sites is 1. The van der Waals surface area contributed by atoms with Crippen LogP contribution in [-0.2, 0) is 17.9 Å². The topological polar surface area (TPSA) is 83.4 Å². The van der Waals surface area contributed by atoms with Crippen molar-refractivity contribution < 1.29 is 9.59 Å². The van der Waals surface area contributed by atoms with Gasteiger partial charge in [0.2, 0.25) is 5.91 Å². The highest BCUT2D eigenvalue weighted by molar-refractivity contribution is 6.04. The molecule has 1 aromatic carbocycles. The SMILES string of the molecule is O=C(Cn1cc(C(=O)Nc2ccccc2CN2CCCC2)ccc1=O)NC1CCCC1. The van der Waals surface area contributed by atoms with Crippen molar-refractivity contribution in [1.29, 1.82) is 0 Å². The van der Waals surface area contributed by atoms with Gasteiger partial charge >= 0.3 is 0 Å². The molecule has 31 heavy (non-hydrogen) atoms. The number of hydrogen-bond donors (Lipinski definition) is 2. The summed E-state index contributed by atoms with van der Waals surface area (Å²) in [6, 6.07) is 10.8. The van der Waals surface area contributed by atoms with Gasteiger partial charge in [0.15, 0.2) is 0 Å². The zero-order valence-electron chi connectivity index (χ0n) is 17.8. The van der Waals surface area contributed by atoms with Gasteiger partial charge in [-0.2, -0.15) is 0 Å². The molecule has 2 amide bonds. The number of pyridine rings is 1. The fourth-order valence-corrected chi connectivity index (χ4v) is 4.44. The van der Waals surface area contributed by atoms with Crippen LogP contribution in [0.3, 0.4) is 0 Å². The minimum absolute atomic E-state index is 0.0813. The second-order valence-electron chi connectivity index (χ2n) is 8.53. The monoisotopic (exact) mass is 422 g/mol. The van der Waals surface area contributed by atoms with Crippen molar-refractivity contribution in [3.8, 4) is 0 Å². The molecule has 0 bridgehead atoms. The van der Waals surface area contributed by atoms with Crippen molar-refractivity contribution in [2.45, 2.75) is 57.7 Å². The van der Waals surface area contributed by atoms with E-state index in [0.717, 1.165) is 56.6 Å². The number of nitrogens with zero attached hydrogens (tertiary/aromatic N) is 2. The fourth-order valence-electron chi connectivity index (χ4n) is 4.44. The van der Waals surface area contributed by atoms with E-state index in [9.17, 15) is 14.4 Å². The van der Waals surface area contributed by atoms with Crippen molar-refractivity contribution >= 4 is 17.5 Å². The minimum Gasteiger partial charge on any atom is -0.352 e. The number of likely N-dealkylation sites (tertiary alicyclic amines) is 1. The van der Waals surface area contributed by atoms with E-state index < -0.39 is 0 Å². The number of anilines is 1. The van der Waals surface area contributed by atoms with Crippen molar-refractivity contribution in [3.05, 3.63) is 64.1 Å². The summed E-state index contributed by atoms with van der Waals surface area (Å²) in [5.74, 6) is -0.485. The highest BCUT2D eigenvalue weighted by Gasteiger charge is 2.18. The van der Waals surface area contributed by atoms with Gasteiger partial charge in [-0.25, -0.2) is 0 Å². The predicted octanol–water partition coefficient (Wildman–Crippen LogP) is 2.76. The number of carbonyl (C=O) groups is 2. The summed E-state index contributed by atoms with van der Waals surface area (Å²) < 4.78 is 1.30. The molecule has 2 aromatic rings. The lowest BCUT2D eigenvalue weighted by Crippen LogP contribution is -2.37. The summed E-state index contributed by atoms with van der Waals surface area (Å²) in [5.41, 5.74) is 1.90. The molecule has 4 rings (SSSR count). The molecule has 7 heteroatoms. The minimum atomic E-state index is -0.299.